The highest BCUT2D eigenvalue weighted by atomic mass is 19.4. The summed E-state index contributed by atoms with van der Waals surface area (Å²) >= 11 is 0. The fourth-order valence-electron chi connectivity index (χ4n) is 2.62. The molecule has 146 valence electrons. The number of carbonyl (C=O) groups excluding carboxylic acids is 2. The lowest BCUT2D eigenvalue weighted by Crippen LogP contribution is -2.24. The summed E-state index contributed by atoms with van der Waals surface area (Å²) in [6.45, 7) is 2.38. The van der Waals surface area contributed by atoms with E-state index in [1.165, 1.54) is 4.40 Å². The molecule has 0 spiro atoms. The summed E-state index contributed by atoms with van der Waals surface area (Å²) in [6.07, 6.45) is -2.12. The van der Waals surface area contributed by atoms with Crippen molar-refractivity contribution in [2.75, 3.05) is 11.9 Å². The highest BCUT2D eigenvalue weighted by Crippen LogP contribution is 2.29. The molecule has 0 saturated carbocycles. The molecule has 0 aliphatic carbocycles. The van der Waals surface area contributed by atoms with Gasteiger partial charge in [-0.3, -0.25) is 14.0 Å². The average Bonchev–Trinajstić information content (AvgIpc) is 3.06. The number of halogens is 3. The molecule has 2 heterocycles. The van der Waals surface area contributed by atoms with Crippen LogP contribution in [0.1, 0.15) is 40.0 Å². The maximum absolute atomic E-state index is 12.6. The molecule has 0 radical (unpaired) electrons. The molecule has 0 aliphatic rings. The number of alkyl halides is 3. The van der Waals surface area contributed by atoms with Gasteiger partial charge in [-0.05, 0) is 42.8 Å². The summed E-state index contributed by atoms with van der Waals surface area (Å²) in [4.78, 5) is 29.1. The summed E-state index contributed by atoms with van der Waals surface area (Å²) in [5.41, 5.74) is -0.0744. The van der Waals surface area contributed by atoms with Crippen LogP contribution in [-0.2, 0) is 6.18 Å². The number of nitrogens with zero attached hydrogens (tertiary/aromatic N) is 2. The second-order valence-corrected chi connectivity index (χ2v) is 6.03. The highest BCUT2D eigenvalue weighted by molar-refractivity contribution is 6.06. The number of hydrogen-bond acceptors (Lipinski definition) is 3. The molecule has 2 N–H and O–H groups in total. The van der Waals surface area contributed by atoms with Crippen LogP contribution < -0.4 is 10.6 Å². The van der Waals surface area contributed by atoms with Crippen LogP contribution in [-0.4, -0.2) is 27.7 Å². The molecule has 0 aliphatic heterocycles. The van der Waals surface area contributed by atoms with Gasteiger partial charge in [0.25, 0.3) is 11.8 Å². The Bertz CT molecular complexity index is 1010. The molecule has 2 amide bonds. The third-order valence-electron chi connectivity index (χ3n) is 3.97. The van der Waals surface area contributed by atoms with E-state index in [-0.39, 0.29) is 17.2 Å². The van der Waals surface area contributed by atoms with Gasteiger partial charge < -0.3 is 10.6 Å². The molecule has 2 aromatic heterocycles. The minimum Gasteiger partial charge on any atom is -0.351 e. The second kappa shape index (κ2) is 7.71. The molecule has 3 rings (SSSR count). The van der Waals surface area contributed by atoms with E-state index in [9.17, 15) is 22.8 Å². The number of amides is 2. The first kappa shape index (κ1) is 19.4. The van der Waals surface area contributed by atoms with Crippen molar-refractivity contribution in [3.63, 3.8) is 0 Å². The van der Waals surface area contributed by atoms with Gasteiger partial charge in [0.15, 0.2) is 5.69 Å². The Hall–Kier alpha value is -3.36. The molecule has 9 heteroatoms. The Labute approximate surface area is 158 Å². The van der Waals surface area contributed by atoms with E-state index in [4.69, 9.17) is 0 Å². The van der Waals surface area contributed by atoms with Crippen LogP contribution in [0.2, 0.25) is 0 Å². The molecular formula is C19H17F3N4O2. The minimum atomic E-state index is -4.46. The first-order valence-corrected chi connectivity index (χ1v) is 8.55. The molecule has 0 fully saturated rings. The Kier molecular flexibility index (Phi) is 5.34. The second-order valence-electron chi connectivity index (χ2n) is 6.03. The lowest BCUT2D eigenvalue weighted by molar-refractivity contribution is -0.137. The molecule has 28 heavy (non-hydrogen) atoms. The standard InChI is InChI=1S/C19H17F3N4O2/c1-2-10-23-17(27)15-14-5-3-4-11-26(14)16(25-15)18(28)24-13-8-6-12(7-9-13)19(20,21)22/h3-9,11H,2,10H2,1H3,(H,23,27)(H,24,28). The van der Waals surface area contributed by atoms with Gasteiger partial charge in [0.05, 0.1) is 11.1 Å². The fraction of sp³-hybridized carbons (Fsp3) is 0.211. The lowest BCUT2D eigenvalue weighted by atomic mass is 10.2. The first-order chi connectivity index (χ1) is 13.3. The number of carbonyl (C=O) groups is 2. The van der Waals surface area contributed by atoms with E-state index in [2.05, 4.69) is 15.6 Å². The van der Waals surface area contributed by atoms with E-state index >= 15 is 0 Å². The van der Waals surface area contributed by atoms with Gasteiger partial charge in [-0.1, -0.05) is 13.0 Å². The maximum atomic E-state index is 12.6. The number of imidazole rings is 1. The van der Waals surface area contributed by atoms with Gasteiger partial charge in [-0.2, -0.15) is 13.2 Å². The average molecular weight is 390 g/mol. The third kappa shape index (κ3) is 3.98. The van der Waals surface area contributed by atoms with Crippen LogP contribution in [0, 0.1) is 0 Å². The summed E-state index contributed by atoms with van der Waals surface area (Å²) in [7, 11) is 0. The largest absolute Gasteiger partial charge is 0.416 e. The van der Waals surface area contributed by atoms with Crippen molar-refractivity contribution < 1.29 is 22.8 Å². The topological polar surface area (TPSA) is 75.5 Å². The van der Waals surface area contributed by atoms with E-state index in [1.54, 1.807) is 24.4 Å². The molecule has 1 aromatic carbocycles. The molecule has 0 unspecified atom stereocenters. The molecule has 0 atom stereocenters. The number of anilines is 1. The monoisotopic (exact) mass is 390 g/mol. The summed E-state index contributed by atoms with van der Waals surface area (Å²) in [5, 5.41) is 5.21. The molecular weight excluding hydrogens is 373 g/mol. The van der Waals surface area contributed by atoms with Gasteiger partial charge in [-0.25, -0.2) is 4.98 Å². The number of nitrogens with one attached hydrogen (secondary N) is 2. The van der Waals surface area contributed by atoms with Crippen LogP contribution in [0.5, 0.6) is 0 Å². The van der Waals surface area contributed by atoms with Gasteiger partial charge in [0, 0.05) is 18.4 Å². The van der Waals surface area contributed by atoms with E-state index in [1.807, 2.05) is 6.92 Å². The predicted octanol–water partition coefficient (Wildman–Crippen LogP) is 3.75. The third-order valence-corrected chi connectivity index (χ3v) is 3.97. The Morgan fingerprint density at radius 2 is 1.79 bits per heavy atom. The van der Waals surface area contributed by atoms with Crippen LogP contribution >= 0.6 is 0 Å². The molecule has 0 bridgehead atoms. The minimum absolute atomic E-state index is 0.0443. The number of benzene rings is 1. The number of hydrogen-bond donors (Lipinski definition) is 2. The van der Waals surface area contributed by atoms with Gasteiger partial charge in [0.1, 0.15) is 0 Å². The van der Waals surface area contributed by atoms with Crippen LogP contribution in [0.3, 0.4) is 0 Å². The van der Waals surface area contributed by atoms with Crippen molar-refractivity contribution >= 4 is 23.0 Å². The summed E-state index contributed by atoms with van der Waals surface area (Å²) < 4.78 is 39.4. The Balaban J connectivity index is 1.88. The number of aromatic nitrogens is 2. The Morgan fingerprint density at radius 3 is 2.43 bits per heavy atom. The maximum Gasteiger partial charge on any atom is 0.416 e. The van der Waals surface area contributed by atoms with E-state index in [0.29, 0.717) is 12.1 Å². The number of pyridine rings is 1. The Morgan fingerprint density at radius 1 is 1.07 bits per heavy atom. The predicted molar refractivity (Wildman–Crippen MR) is 97.2 cm³/mol. The first-order valence-electron chi connectivity index (χ1n) is 8.55. The van der Waals surface area contributed by atoms with Gasteiger partial charge in [0.2, 0.25) is 5.82 Å². The fourth-order valence-corrected chi connectivity index (χ4v) is 2.62. The zero-order valence-corrected chi connectivity index (χ0v) is 14.9. The molecule has 0 saturated heterocycles. The number of fused-ring (bicyclic) bond motifs is 1. The van der Waals surface area contributed by atoms with Crippen molar-refractivity contribution in [1.82, 2.24) is 14.7 Å². The van der Waals surface area contributed by atoms with E-state index in [0.717, 1.165) is 30.7 Å². The van der Waals surface area contributed by atoms with Gasteiger partial charge in [-0.15, -0.1) is 0 Å². The van der Waals surface area contributed by atoms with Crippen LogP contribution in [0.15, 0.2) is 48.7 Å². The van der Waals surface area contributed by atoms with Crippen molar-refractivity contribution in [3.05, 3.63) is 65.7 Å². The smallest absolute Gasteiger partial charge is 0.351 e. The van der Waals surface area contributed by atoms with Crippen molar-refractivity contribution in [1.29, 1.82) is 0 Å². The van der Waals surface area contributed by atoms with Crippen molar-refractivity contribution in [2.24, 2.45) is 0 Å². The normalized spacial score (nSPS) is 11.4. The molecule has 6 nitrogen and oxygen atoms in total. The summed E-state index contributed by atoms with van der Waals surface area (Å²) in [6, 6.07) is 9.12. The highest BCUT2D eigenvalue weighted by Gasteiger charge is 2.30. The van der Waals surface area contributed by atoms with Crippen molar-refractivity contribution in [2.45, 2.75) is 19.5 Å². The van der Waals surface area contributed by atoms with E-state index < -0.39 is 23.6 Å². The van der Waals surface area contributed by atoms with Gasteiger partial charge >= 0.3 is 6.18 Å². The van der Waals surface area contributed by atoms with Crippen LogP contribution in [0.4, 0.5) is 18.9 Å². The number of rotatable bonds is 5. The molecule has 3 aromatic rings. The zero-order valence-electron chi connectivity index (χ0n) is 14.9. The van der Waals surface area contributed by atoms with Crippen LogP contribution in [0.25, 0.3) is 5.52 Å². The summed E-state index contributed by atoms with van der Waals surface area (Å²) in [5.74, 6) is -1.09. The SMILES string of the molecule is CCCNC(=O)c1nc(C(=O)Nc2ccc(C(F)(F)F)cc2)n2ccccc12. The zero-order chi connectivity index (χ0) is 20.3. The van der Waals surface area contributed by atoms with Crippen molar-refractivity contribution in [3.8, 4) is 0 Å². The quantitative estimate of drug-likeness (QED) is 0.697. The lowest BCUT2D eigenvalue weighted by Gasteiger charge is -2.08.